The van der Waals surface area contributed by atoms with Gasteiger partial charge >= 0.3 is 6.05 Å². The molecule has 4 heteroatoms. The van der Waals surface area contributed by atoms with E-state index >= 15 is 0 Å². The second kappa shape index (κ2) is 4.33. The zero-order chi connectivity index (χ0) is 9.90. The van der Waals surface area contributed by atoms with Gasteiger partial charge < -0.3 is 5.32 Å². The van der Waals surface area contributed by atoms with E-state index in [1.54, 1.807) is 0 Å². The molecule has 78 valence electrons. The van der Waals surface area contributed by atoms with Crippen LogP contribution in [-0.4, -0.2) is 37.1 Å². The van der Waals surface area contributed by atoms with Crippen LogP contribution in [0.5, 0.6) is 0 Å². The van der Waals surface area contributed by atoms with Crippen molar-refractivity contribution in [1.29, 1.82) is 0 Å². The first-order valence-corrected chi connectivity index (χ1v) is 4.86. The van der Waals surface area contributed by atoms with Gasteiger partial charge in [-0.2, -0.15) is 8.78 Å². The van der Waals surface area contributed by atoms with Gasteiger partial charge in [0, 0.05) is 19.6 Å². The van der Waals surface area contributed by atoms with Gasteiger partial charge in [-0.05, 0) is 12.3 Å². The number of hydrogen-bond donors (Lipinski definition) is 1. The largest absolute Gasteiger partial charge is 0.317 e. The Morgan fingerprint density at radius 2 is 2.15 bits per heavy atom. The quantitative estimate of drug-likeness (QED) is 0.682. The average Bonchev–Trinajstić information content (AvgIpc) is 2.01. The monoisotopic (exact) mass is 192 g/mol. The fraction of sp³-hybridized carbons (Fsp3) is 1.00. The maximum absolute atomic E-state index is 13.2. The van der Waals surface area contributed by atoms with Crippen LogP contribution in [0.25, 0.3) is 0 Å². The first-order valence-electron chi connectivity index (χ1n) is 4.86. The van der Waals surface area contributed by atoms with Crippen LogP contribution >= 0.6 is 0 Å². The summed E-state index contributed by atoms with van der Waals surface area (Å²) in [4.78, 5) is 1.28. The molecule has 0 aromatic rings. The minimum absolute atomic E-state index is 0.203. The molecule has 1 saturated heterocycles. The molecule has 1 fully saturated rings. The summed E-state index contributed by atoms with van der Waals surface area (Å²) in [5, 5.41) is 2.70. The van der Waals surface area contributed by atoms with Crippen LogP contribution in [0.15, 0.2) is 0 Å². The number of piperazine rings is 1. The molecule has 13 heavy (non-hydrogen) atoms. The number of halogens is 2. The summed E-state index contributed by atoms with van der Waals surface area (Å²) in [5.41, 5.74) is 0. The summed E-state index contributed by atoms with van der Waals surface area (Å²) in [6.45, 7) is 5.55. The Hall–Kier alpha value is -0.220. The molecule has 0 atom stereocenters. The molecule has 0 saturated carbocycles. The van der Waals surface area contributed by atoms with Crippen LogP contribution < -0.4 is 5.32 Å². The van der Waals surface area contributed by atoms with E-state index in [2.05, 4.69) is 19.2 Å². The lowest BCUT2D eigenvalue weighted by Gasteiger charge is -2.35. The number of rotatable bonds is 3. The van der Waals surface area contributed by atoms with Gasteiger partial charge in [0.05, 0.1) is 6.54 Å². The normalized spacial score (nSPS) is 23.8. The van der Waals surface area contributed by atoms with Gasteiger partial charge in [-0.15, -0.1) is 0 Å². The summed E-state index contributed by atoms with van der Waals surface area (Å²) in [6, 6.07) is -2.65. The molecule has 0 aromatic heterocycles. The summed E-state index contributed by atoms with van der Waals surface area (Å²) < 4.78 is 26.4. The molecule has 0 radical (unpaired) electrons. The first kappa shape index (κ1) is 10.9. The molecule has 1 N–H and O–H groups in total. The van der Waals surface area contributed by atoms with Crippen molar-refractivity contribution in [1.82, 2.24) is 10.2 Å². The molecule has 1 aliphatic rings. The first-order chi connectivity index (χ1) is 6.02. The lowest BCUT2D eigenvalue weighted by molar-refractivity contribution is -0.157. The number of hydrogen-bond acceptors (Lipinski definition) is 2. The third kappa shape index (κ3) is 3.19. The van der Waals surface area contributed by atoms with Crippen LogP contribution in [0.1, 0.15) is 20.3 Å². The number of nitrogens with one attached hydrogen (secondary N) is 1. The van der Waals surface area contributed by atoms with Crippen LogP contribution in [-0.2, 0) is 0 Å². The van der Waals surface area contributed by atoms with Crippen LogP contribution in [0.2, 0.25) is 0 Å². The predicted molar refractivity (Wildman–Crippen MR) is 48.8 cm³/mol. The standard InChI is InChI=1S/C9H18F2N2/c1-8(2)3-5-13-6-4-12-7-9(13,10)11/h8,12H,3-7H2,1-2H3. The predicted octanol–water partition coefficient (Wildman–Crippen LogP) is 1.53. The van der Waals surface area contributed by atoms with Crippen molar-refractivity contribution < 1.29 is 8.78 Å². The van der Waals surface area contributed by atoms with Crippen molar-refractivity contribution in [3.63, 3.8) is 0 Å². The second-order valence-electron chi connectivity index (χ2n) is 4.01. The summed E-state index contributed by atoms with van der Waals surface area (Å²) in [6.07, 6.45) is 0.843. The Morgan fingerprint density at radius 1 is 1.46 bits per heavy atom. The molecular formula is C9H18F2N2. The third-order valence-corrected chi connectivity index (χ3v) is 2.34. The molecule has 0 aliphatic carbocycles. The Balaban J connectivity index is 2.37. The van der Waals surface area contributed by atoms with E-state index in [4.69, 9.17) is 0 Å². The van der Waals surface area contributed by atoms with Gasteiger partial charge in [0.25, 0.3) is 0 Å². The molecule has 1 rings (SSSR count). The molecule has 0 unspecified atom stereocenters. The average molecular weight is 192 g/mol. The summed E-state index contributed by atoms with van der Waals surface area (Å²) in [5.74, 6) is 0.491. The summed E-state index contributed by atoms with van der Waals surface area (Å²) in [7, 11) is 0. The van der Waals surface area contributed by atoms with Crippen molar-refractivity contribution in [3.05, 3.63) is 0 Å². The number of nitrogens with zero attached hydrogens (tertiary/aromatic N) is 1. The van der Waals surface area contributed by atoms with Gasteiger partial charge in [0.15, 0.2) is 0 Å². The smallest absolute Gasteiger partial charge is 0.309 e. The van der Waals surface area contributed by atoms with Crippen LogP contribution in [0, 0.1) is 5.92 Å². The topological polar surface area (TPSA) is 15.3 Å². The maximum Gasteiger partial charge on any atom is 0.317 e. The van der Waals surface area contributed by atoms with Crippen molar-refractivity contribution in [2.75, 3.05) is 26.2 Å². The summed E-state index contributed by atoms with van der Waals surface area (Å²) >= 11 is 0. The van der Waals surface area contributed by atoms with Gasteiger partial charge in [-0.3, -0.25) is 0 Å². The highest BCUT2D eigenvalue weighted by molar-refractivity contribution is 4.78. The molecular weight excluding hydrogens is 174 g/mol. The van der Waals surface area contributed by atoms with Crippen molar-refractivity contribution >= 4 is 0 Å². The molecule has 0 amide bonds. The van der Waals surface area contributed by atoms with E-state index in [0.717, 1.165) is 6.42 Å². The van der Waals surface area contributed by atoms with E-state index < -0.39 is 6.05 Å². The molecule has 0 bridgehead atoms. The number of alkyl halides is 2. The minimum Gasteiger partial charge on any atom is -0.309 e. The maximum atomic E-state index is 13.2. The fourth-order valence-corrected chi connectivity index (χ4v) is 1.42. The lowest BCUT2D eigenvalue weighted by Crippen LogP contribution is -2.56. The highest BCUT2D eigenvalue weighted by Crippen LogP contribution is 2.21. The lowest BCUT2D eigenvalue weighted by atomic mass is 10.1. The highest BCUT2D eigenvalue weighted by Gasteiger charge is 2.38. The van der Waals surface area contributed by atoms with Crippen LogP contribution in [0.3, 0.4) is 0 Å². The van der Waals surface area contributed by atoms with Gasteiger partial charge in [0.2, 0.25) is 0 Å². The van der Waals surface area contributed by atoms with E-state index in [9.17, 15) is 8.78 Å². The van der Waals surface area contributed by atoms with E-state index in [0.29, 0.717) is 25.6 Å². The zero-order valence-corrected chi connectivity index (χ0v) is 8.32. The third-order valence-electron chi connectivity index (χ3n) is 2.34. The van der Waals surface area contributed by atoms with E-state index in [1.807, 2.05) is 0 Å². The molecule has 1 aliphatic heterocycles. The van der Waals surface area contributed by atoms with Gasteiger partial charge in [0.1, 0.15) is 0 Å². The van der Waals surface area contributed by atoms with Gasteiger partial charge in [-0.25, -0.2) is 4.90 Å². The van der Waals surface area contributed by atoms with Crippen LogP contribution in [0.4, 0.5) is 8.78 Å². The van der Waals surface area contributed by atoms with E-state index in [-0.39, 0.29) is 6.54 Å². The minimum atomic E-state index is -2.65. The highest BCUT2D eigenvalue weighted by atomic mass is 19.3. The molecule has 1 heterocycles. The van der Waals surface area contributed by atoms with Crippen molar-refractivity contribution in [2.45, 2.75) is 26.3 Å². The second-order valence-corrected chi connectivity index (χ2v) is 4.01. The van der Waals surface area contributed by atoms with E-state index in [1.165, 1.54) is 4.90 Å². The molecule has 0 spiro atoms. The molecule has 0 aromatic carbocycles. The fourth-order valence-electron chi connectivity index (χ4n) is 1.42. The van der Waals surface area contributed by atoms with Gasteiger partial charge in [-0.1, -0.05) is 13.8 Å². The SMILES string of the molecule is CC(C)CCN1CCNCC1(F)F. The Morgan fingerprint density at radius 3 is 2.69 bits per heavy atom. The Bertz CT molecular complexity index is 160. The Labute approximate surface area is 78.3 Å². The Kier molecular flexibility index (Phi) is 3.62. The molecule has 2 nitrogen and oxygen atoms in total. The zero-order valence-electron chi connectivity index (χ0n) is 8.32. The van der Waals surface area contributed by atoms with Crippen molar-refractivity contribution in [2.24, 2.45) is 5.92 Å². The van der Waals surface area contributed by atoms with Crippen molar-refractivity contribution in [3.8, 4) is 0 Å².